The molecule has 0 radical (unpaired) electrons. The highest BCUT2D eigenvalue weighted by atomic mass is 16.5. The second-order valence-corrected chi connectivity index (χ2v) is 5.11. The molecule has 1 unspecified atom stereocenters. The zero-order chi connectivity index (χ0) is 15.8. The van der Waals surface area contributed by atoms with Crippen LogP contribution in [0.5, 0.6) is 5.75 Å². The fraction of sp³-hybridized carbons (Fsp3) is 0.438. The van der Waals surface area contributed by atoms with E-state index in [2.05, 4.69) is 15.8 Å². The average Bonchev–Trinajstić information content (AvgIpc) is 2.85. The van der Waals surface area contributed by atoms with Crippen LogP contribution >= 0.6 is 0 Å². The van der Waals surface area contributed by atoms with Crippen LogP contribution in [0.15, 0.2) is 34.9 Å². The second-order valence-electron chi connectivity index (χ2n) is 5.11. The van der Waals surface area contributed by atoms with Gasteiger partial charge in [-0.15, -0.1) is 0 Å². The number of para-hydroxylation sites is 1. The molecule has 3 N–H and O–H groups in total. The van der Waals surface area contributed by atoms with Gasteiger partial charge in [-0.3, -0.25) is 0 Å². The van der Waals surface area contributed by atoms with Gasteiger partial charge < -0.3 is 25.0 Å². The second kappa shape index (κ2) is 8.41. The number of nitrogens with one attached hydrogen (secondary N) is 2. The van der Waals surface area contributed by atoms with Crippen molar-refractivity contribution >= 4 is 5.69 Å². The molecule has 6 nitrogen and oxygen atoms in total. The molecule has 0 bridgehead atoms. The molecular weight excluding hydrogens is 282 g/mol. The van der Waals surface area contributed by atoms with Crippen molar-refractivity contribution in [3.05, 3.63) is 41.8 Å². The summed E-state index contributed by atoms with van der Waals surface area (Å²) < 4.78 is 10.6. The first kappa shape index (κ1) is 16.3. The Labute approximate surface area is 130 Å². The zero-order valence-electron chi connectivity index (χ0n) is 13.0. The SMILES string of the molecule is Cc1noc(C)c1NCCNCC(O)COc1ccccc1. The van der Waals surface area contributed by atoms with Crippen LogP contribution in [-0.2, 0) is 0 Å². The van der Waals surface area contributed by atoms with E-state index in [1.54, 1.807) is 0 Å². The predicted molar refractivity (Wildman–Crippen MR) is 85.3 cm³/mol. The van der Waals surface area contributed by atoms with Crippen LogP contribution in [0.3, 0.4) is 0 Å². The molecule has 120 valence electrons. The lowest BCUT2D eigenvalue weighted by atomic mass is 10.3. The standard InChI is InChI=1S/C16H23N3O3/c1-12-16(13(2)22-19-12)18-9-8-17-10-14(20)11-21-15-6-4-3-5-7-15/h3-7,14,17-18,20H,8-11H2,1-2H3. The average molecular weight is 305 g/mol. The molecule has 0 aliphatic rings. The van der Waals surface area contributed by atoms with Gasteiger partial charge in [0.1, 0.15) is 29.8 Å². The maximum absolute atomic E-state index is 9.85. The van der Waals surface area contributed by atoms with Crippen molar-refractivity contribution < 1.29 is 14.4 Å². The first-order chi connectivity index (χ1) is 10.7. The minimum atomic E-state index is -0.542. The molecule has 1 heterocycles. The van der Waals surface area contributed by atoms with Gasteiger partial charge in [-0.1, -0.05) is 23.4 Å². The Morgan fingerprint density at radius 2 is 2.00 bits per heavy atom. The van der Waals surface area contributed by atoms with Gasteiger partial charge in [-0.25, -0.2) is 0 Å². The molecule has 0 aliphatic heterocycles. The Morgan fingerprint density at radius 1 is 1.23 bits per heavy atom. The lowest BCUT2D eigenvalue weighted by Crippen LogP contribution is -2.34. The monoisotopic (exact) mass is 305 g/mol. The summed E-state index contributed by atoms with van der Waals surface area (Å²) in [5, 5.41) is 20.2. The summed E-state index contributed by atoms with van der Waals surface area (Å²) >= 11 is 0. The quantitative estimate of drug-likeness (QED) is 0.612. The normalized spacial score (nSPS) is 12.1. The minimum absolute atomic E-state index is 0.272. The molecule has 2 rings (SSSR count). The number of rotatable bonds is 9. The topological polar surface area (TPSA) is 79.6 Å². The van der Waals surface area contributed by atoms with E-state index in [4.69, 9.17) is 9.26 Å². The van der Waals surface area contributed by atoms with E-state index in [0.29, 0.717) is 6.54 Å². The van der Waals surface area contributed by atoms with E-state index >= 15 is 0 Å². The van der Waals surface area contributed by atoms with Crippen molar-refractivity contribution in [1.82, 2.24) is 10.5 Å². The van der Waals surface area contributed by atoms with Crippen molar-refractivity contribution in [1.29, 1.82) is 0 Å². The maximum atomic E-state index is 9.85. The van der Waals surface area contributed by atoms with Gasteiger partial charge in [-0.2, -0.15) is 0 Å². The molecule has 0 fully saturated rings. The van der Waals surface area contributed by atoms with Gasteiger partial charge in [0.05, 0.1) is 0 Å². The minimum Gasteiger partial charge on any atom is -0.491 e. The summed E-state index contributed by atoms with van der Waals surface area (Å²) in [6.07, 6.45) is -0.542. The number of ether oxygens (including phenoxy) is 1. The molecule has 0 amide bonds. The molecule has 22 heavy (non-hydrogen) atoms. The van der Waals surface area contributed by atoms with Crippen LogP contribution in [0.25, 0.3) is 0 Å². The van der Waals surface area contributed by atoms with Gasteiger partial charge in [0.2, 0.25) is 0 Å². The predicted octanol–water partition coefficient (Wildman–Crippen LogP) is 1.73. The van der Waals surface area contributed by atoms with Gasteiger partial charge in [0, 0.05) is 19.6 Å². The van der Waals surface area contributed by atoms with Gasteiger partial charge in [0.25, 0.3) is 0 Å². The van der Waals surface area contributed by atoms with Crippen molar-refractivity contribution in [3.8, 4) is 5.75 Å². The fourth-order valence-electron chi connectivity index (χ4n) is 2.05. The molecule has 6 heteroatoms. The molecule has 0 spiro atoms. The summed E-state index contributed by atoms with van der Waals surface area (Å²) in [6, 6.07) is 9.47. The number of anilines is 1. The summed E-state index contributed by atoms with van der Waals surface area (Å²) in [4.78, 5) is 0. The maximum Gasteiger partial charge on any atom is 0.156 e. The van der Waals surface area contributed by atoms with Crippen LogP contribution in [0.1, 0.15) is 11.5 Å². The lowest BCUT2D eigenvalue weighted by molar-refractivity contribution is 0.107. The Hall–Kier alpha value is -2.05. The molecule has 0 saturated carbocycles. The molecule has 1 aromatic carbocycles. The third-order valence-electron chi connectivity index (χ3n) is 3.20. The van der Waals surface area contributed by atoms with Crippen LogP contribution in [0, 0.1) is 13.8 Å². The van der Waals surface area contributed by atoms with E-state index in [9.17, 15) is 5.11 Å². The van der Waals surface area contributed by atoms with Crippen LogP contribution in [-0.4, -0.2) is 42.6 Å². The Morgan fingerprint density at radius 3 is 2.68 bits per heavy atom. The lowest BCUT2D eigenvalue weighted by Gasteiger charge is -2.13. The first-order valence-electron chi connectivity index (χ1n) is 7.40. The Balaban J connectivity index is 1.56. The summed E-state index contributed by atoms with van der Waals surface area (Å²) in [6.45, 7) is 5.99. The highest BCUT2D eigenvalue weighted by molar-refractivity contribution is 5.49. The van der Waals surface area contributed by atoms with E-state index in [-0.39, 0.29) is 6.61 Å². The van der Waals surface area contributed by atoms with E-state index in [0.717, 1.165) is 36.0 Å². The molecule has 0 aliphatic carbocycles. The zero-order valence-corrected chi connectivity index (χ0v) is 13.0. The van der Waals surface area contributed by atoms with Crippen molar-refractivity contribution in [2.75, 3.05) is 31.6 Å². The summed E-state index contributed by atoms with van der Waals surface area (Å²) in [5.41, 5.74) is 1.79. The number of aromatic nitrogens is 1. The number of hydrogen-bond acceptors (Lipinski definition) is 6. The van der Waals surface area contributed by atoms with Crippen LogP contribution in [0.4, 0.5) is 5.69 Å². The summed E-state index contributed by atoms with van der Waals surface area (Å²) in [5.74, 6) is 1.55. The van der Waals surface area contributed by atoms with Crippen LogP contribution in [0.2, 0.25) is 0 Å². The van der Waals surface area contributed by atoms with E-state index in [1.165, 1.54) is 0 Å². The fourth-order valence-corrected chi connectivity index (χ4v) is 2.05. The number of aliphatic hydroxyl groups excluding tert-OH is 1. The molecule has 0 saturated heterocycles. The molecule has 2 aromatic rings. The highest BCUT2D eigenvalue weighted by Gasteiger charge is 2.08. The highest BCUT2D eigenvalue weighted by Crippen LogP contribution is 2.17. The third-order valence-corrected chi connectivity index (χ3v) is 3.20. The Bertz CT molecular complexity index is 538. The van der Waals surface area contributed by atoms with Gasteiger partial charge in [-0.05, 0) is 26.0 Å². The van der Waals surface area contributed by atoms with E-state index in [1.807, 2.05) is 44.2 Å². The number of nitrogens with zero attached hydrogens (tertiary/aromatic N) is 1. The number of aryl methyl sites for hydroxylation is 2. The number of hydrogen-bond donors (Lipinski definition) is 3. The molecule has 1 aromatic heterocycles. The van der Waals surface area contributed by atoms with Gasteiger partial charge >= 0.3 is 0 Å². The van der Waals surface area contributed by atoms with Crippen molar-refractivity contribution in [2.45, 2.75) is 20.0 Å². The number of aliphatic hydroxyl groups is 1. The largest absolute Gasteiger partial charge is 0.491 e. The molecule has 1 atom stereocenters. The van der Waals surface area contributed by atoms with Crippen LogP contribution < -0.4 is 15.4 Å². The van der Waals surface area contributed by atoms with Crippen molar-refractivity contribution in [2.24, 2.45) is 0 Å². The third kappa shape index (κ3) is 5.05. The Kier molecular flexibility index (Phi) is 6.24. The van der Waals surface area contributed by atoms with Gasteiger partial charge in [0.15, 0.2) is 5.76 Å². The summed E-state index contributed by atoms with van der Waals surface area (Å²) in [7, 11) is 0. The number of benzene rings is 1. The first-order valence-corrected chi connectivity index (χ1v) is 7.40. The smallest absolute Gasteiger partial charge is 0.156 e. The molecular formula is C16H23N3O3. The van der Waals surface area contributed by atoms with Crippen molar-refractivity contribution in [3.63, 3.8) is 0 Å². The van der Waals surface area contributed by atoms with E-state index < -0.39 is 6.10 Å².